The third-order valence-electron chi connectivity index (χ3n) is 5.18. The molecule has 0 saturated heterocycles. The number of aliphatic hydroxyl groups excluding tert-OH is 1. The molecule has 166 valence electrons. The van der Waals surface area contributed by atoms with Gasteiger partial charge in [0.1, 0.15) is 12.4 Å². The lowest BCUT2D eigenvalue weighted by atomic mass is 10.0. The number of hydrogen-bond acceptors (Lipinski definition) is 4. The molecule has 4 heteroatoms. The number of carbonyl (C=O) groups excluding carboxylic acids is 1. The Kier molecular flexibility index (Phi) is 16.2. The summed E-state index contributed by atoms with van der Waals surface area (Å²) in [7, 11) is 0. The summed E-state index contributed by atoms with van der Waals surface area (Å²) in [6.45, 7) is 2.98. The van der Waals surface area contributed by atoms with Crippen LogP contribution in [-0.4, -0.2) is 30.9 Å². The van der Waals surface area contributed by atoms with Gasteiger partial charge in [-0.15, -0.1) is 0 Å². The van der Waals surface area contributed by atoms with E-state index in [1.807, 2.05) is 0 Å². The average Bonchev–Trinajstić information content (AvgIpc) is 2.75. The van der Waals surface area contributed by atoms with Gasteiger partial charge in [-0.05, 0) is 30.7 Å². The highest BCUT2D eigenvalue weighted by molar-refractivity contribution is 5.89. The molecule has 1 N–H and O–H groups in total. The van der Waals surface area contributed by atoms with Gasteiger partial charge < -0.3 is 14.6 Å². The van der Waals surface area contributed by atoms with Crippen molar-refractivity contribution in [2.24, 2.45) is 0 Å². The zero-order valence-electron chi connectivity index (χ0n) is 18.5. The van der Waals surface area contributed by atoms with Gasteiger partial charge in [-0.1, -0.05) is 90.4 Å². The molecular formula is C25H42O4. The van der Waals surface area contributed by atoms with Crippen LogP contribution < -0.4 is 4.74 Å². The second kappa shape index (κ2) is 18.5. The van der Waals surface area contributed by atoms with Gasteiger partial charge in [0, 0.05) is 0 Å². The Morgan fingerprint density at radius 2 is 1.21 bits per heavy atom. The highest BCUT2D eigenvalue weighted by Crippen LogP contribution is 2.14. The number of rotatable bonds is 19. The number of esters is 1. The first-order chi connectivity index (χ1) is 14.3. The fourth-order valence-electron chi connectivity index (χ4n) is 3.40. The molecule has 0 unspecified atom stereocenters. The normalized spacial score (nSPS) is 10.8. The molecule has 4 nitrogen and oxygen atoms in total. The van der Waals surface area contributed by atoms with Gasteiger partial charge >= 0.3 is 5.97 Å². The zero-order valence-corrected chi connectivity index (χ0v) is 18.5. The van der Waals surface area contributed by atoms with Crippen molar-refractivity contribution in [3.63, 3.8) is 0 Å². The van der Waals surface area contributed by atoms with Gasteiger partial charge in [0.05, 0.1) is 18.8 Å². The molecule has 1 aromatic rings. The standard InChI is InChI=1S/C25H42O4/c1-2-3-4-5-6-7-8-9-10-11-12-13-14-15-21-29-25(27)23-16-18-24(19-17-23)28-22-20-26/h16-19,26H,2-15,20-22H2,1H3. The lowest BCUT2D eigenvalue weighted by Crippen LogP contribution is -2.07. The van der Waals surface area contributed by atoms with E-state index in [0.29, 0.717) is 17.9 Å². The van der Waals surface area contributed by atoms with Crippen molar-refractivity contribution in [3.05, 3.63) is 29.8 Å². The fourth-order valence-corrected chi connectivity index (χ4v) is 3.40. The van der Waals surface area contributed by atoms with E-state index in [1.165, 1.54) is 77.0 Å². The summed E-state index contributed by atoms with van der Waals surface area (Å²) in [6, 6.07) is 6.83. The summed E-state index contributed by atoms with van der Waals surface area (Å²) >= 11 is 0. The minimum atomic E-state index is -0.284. The van der Waals surface area contributed by atoms with Gasteiger partial charge in [0.15, 0.2) is 0 Å². The third kappa shape index (κ3) is 14.1. The van der Waals surface area contributed by atoms with Crippen LogP contribution in [0.1, 0.15) is 107 Å². The minimum Gasteiger partial charge on any atom is -0.491 e. The van der Waals surface area contributed by atoms with Gasteiger partial charge in [-0.25, -0.2) is 4.79 Å². The van der Waals surface area contributed by atoms with Crippen LogP contribution in [0.2, 0.25) is 0 Å². The third-order valence-corrected chi connectivity index (χ3v) is 5.18. The number of hydrogen-bond donors (Lipinski definition) is 1. The van der Waals surface area contributed by atoms with Gasteiger partial charge in [-0.3, -0.25) is 0 Å². The zero-order chi connectivity index (χ0) is 21.0. The summed E-state index contributed by atoms with van der Waals surface area (Å²) in [4.78, 5) is 12.0. The van der Waals surface area contributed by atoms with E-state index < -0.39 is 0 Å². The molecule has 0 aliphatic carbocycles. The summed E-state index contributed by atoms with van der Waals surface area (Å²) in [5.41, 5.74) is 0.534. The van der Waals surface area contributed by atoms with Gasteiger partial charge in [-0.2, -0.15) is 0 Å². The highest BCUT2D eigenvalue weighted by atomic mass is 16.5. The van der Waals surface area contributed by atoms with E-state index in [2.05, 4.69) is 6.92 Å². The fraction of sp³-hybridized carbons (Fsp3) is 0.720. The number of aliphatic hydroxyl groups is 1. The maximum Gasteiger partial charge on any atom is 0.338 e. The molecule has 0 amide bonds. The smallest absolute Gasteiger partial charge is 0.338 e. The lowest BCUT2D eigenvalue weighted by Gasteiger charge is -2.07. The molecule has 0 heterocycles. The highest BCUT2D eigenvalue weighted by Gasteiger charge is 2.07. The summed E-state index contributed by atoms with van der Waals surface area (Å²) in [5, 5.41) is 8.73. The first kappa shape index (κ1) is 25.5. The molecule has 0 radical (unpaired) electrons. The molecular weight excluding hydrogens is 364 g/mol. The number of ether oxygens (including phenoxy) is 2. The van der Waals surface area contributed by atoms with Crippen LogP contribution in [-0.2, 0) is 4.74 Å². The summed E-state index contributed by atoms with van der Waals surface area (Å²) in [6.07, 6.45) is 18.4. The molecule has 0 atom stereocenters. The second-order valence-corrected chi connectivity index (χ2v) is 7.83. The van der Waals surface area contributed by atoms with Crippen LogP contribution >= 0.6 is 0 Å². The Morgan fingerprint density at radius 1 is 0.724 bits per heavy atom. The number of benzene rings is 1. The molecule has 1 rings (SSSR count). The van der Waals surface area contributed by atoms with Crippen molar-refractivity contribution in [2.75, 3.05) is 19.8 Å². The predicted molar refractivity (Wildman–Crippen MR) is 120 cm³/mol. The molecule has 0 fully saturated rings. The number of unbranched alkanes of at least 4 members (excludes halogenated alkanes) is 13. The molecule has 1 aromatic carbocycles. The molecule has 29 heavy (non-hydrogen) atoms. The van der Waals surface area contributed by atoms with Crippen molar-refractivity contribution >= 4 is 5.97 Å². The van der Waals surface area contributed by atoms with E-state index >= 15 is 0 Å². The molecule has 0 aliphatic rings. The second-order valence-electron chi connectivity index (χ2n) is 7.83. The van der Waals surface area contributed by atoms with E-state index in [9.17, 15) is 4.79 Å². The van der Waals surface area contributed by atoms with Crippen LogP contribution in [0, 0.1) is 0 Å². The Hall–Kier alpha value is -1.55. The van der Waals surface area contributed by atoms with Crippen LogP contribution in [0.15, 0.2) is 24.3 Å². The largest absolute Gasteiger partial charge is 0.491 e. The first-order valence-corrected chi connectivity index (χ1v) is 11.8. The Balaban J connectivity index is 1.89. The topological polar surface area (TPSA) is 55.8 Å². The maximum atomic E-state index is 12.0. The van der Waals surface area contributed by atoms with Gasteiger partial charge in [0.25, 0.3) is 0 Å². The van der Waals surface area contributed by atoms with Crippen molar-refractivity contribution < 1.29 is 19.4 Å². The summed E-state index contributed by atoms with van der Waals surface area (Å²) < 4.78 is 10.6. The van der Waals surface area contributed by atoms with Crippen LogP contribution in [0.5, 0.6) is 5.75 Å². The molecule has 0 bridgehead atoms. The van der Waals surface area contributed by atoms with E-state index in [-0.39, 0.29) is 19.2 Å². The quantitative estimate of drug-likeness (QED) is 0.205. The molecule has 0 aromatic heterocycles. The van der Waals surface area contributed by atoms with Gasteiger partial charge in [0.2, 0.25) is 0 Å². The Labute approximate surface area is 178 Å². The van der Waals surface area contributed by atoms with Crippen LogP contribution in [0.25, 0.3) is 0 Å². The molecule has 0 aliphatic heterocycles. The Morgan fingerprint density at radius 3 is 1.69 bits per heavy atom. The van der Waals surface area contributed by atoms with Crippen molar-refractivity contribution in [1.82, 2.24) is 0 Å². The first-order valence-electron chi connectivity index (χ1n) is 11.8. The van der Waals surface area contributed by atoms with Crippen molar-refractivity contribution in [3.8, 4) is 5.75 Å². The lowest BCUT2D eigenvalue weighted by molar-refractivity contribution is 0.0497. The minimum absolute atomic E-state index is 0.0248. The van der Waals surface area contributed by atoms with Crippen molar-refractivity contribution in [2.45, 2.75) is 96.8 Å². The van der Waals surface area contributed by atoms with Crippen molar-refractivity contribution in [1.29, 1.82) is 0 Å². The maximum absolute atomic E-state index is 12.0. The average molecular weight is 407 g/mol. The Bertz CT molecular complexity index is 498. The number of carbonyl (C=O) groups is 1. The monoisotopic (exact) mass is 406 g/mol. The molecule has 0 saturated carbocycles. The van der Waals surface area contributed by atoms with Crippen LogP contribution in [0.3, 0.4) is 0 Å². The van der Waals surface area contributed by atoms with E-state index in [1.54, 1.807) is 24.3 Å². The predicted octanol–water partition coefficient (Wildman–Crippen LogP) is 6.70. The summed E-state index contributed by atoms with van der Waals surface area (Å²) in [5.74, 6) is 0.357. The SMILES string of the molecule is CCCCCCCCCCCCCCCCOC(=O)c1ccc(OCCO)cc1. The van der Waals surface area contributed by atoms with E-state index in [4.69, 9.17) is 14.6 Å². The van der Waals surface area contributed by atoms with Crippen LogP contribution in [0.4, 0.5) is 0 Å². The van der Waals surface area contributed by atoms with E-state index in [0.717, 1.165) is 12.8 Å². The molecule has 0 spiro atoms.